The maximum atomic E-state index is 5.31. The Morgan fingerprint density at radius 3 is 2.73 bits per heavy atom. The van der Waals surface area contributed by atoms with Gasteiger partial charge in [-0.15, -0.1) is 0 Å². The zero-order valence-electron chi connectivity index (χ0n) is 8.35. The highest BCUT2D eigenvalue weighted by molar-refractivity contribution is 7.78. The molecule has 0 aliphatic carbocycles. The molecule has 0 unspecified atom stereocenters. The number of anilines is 1. The summed E-state index contributed by atoms with van der Waals surface area (Å²) in [6, 6.07) is 7.96. The number of ether oxygens (including phenoxy) is 1. The molecule has 1 saturated heterocycles. The van der Waals surface area contributed by atoms with Crippen molar-refractivity contribution < 1.29 is 4.74 Å². The Labute approximate surface area is 94.4 Å². The van der Waals surface area contributed by atoms with E-state index in [1.54, 1.807) is 0 Å². The van der Waals surface area contributed by atoms with Gasteiger partial charge in [0.05, 0.1) is 29.7 Å². The fourth-order valence-electron chi connectivity index (χ4n) is 1.68. The van der Waals surface area contributed by atoms with E-state index in [2.05, 4.69) is 33.3 Å². The normalized spacial score (nSPS) is 15.9. The Kier molecular flexibility index (Phi) is 3.45. The zero-order chi connectivity index (χ0) is 10.5. The van der Waals surface area contributed by atoms with Gasteiger partial charge >= 0.3 is 0 Å². The second-order valence-corrected chi connectivity index (χ2v) is 3.47. The Morgan fingerprint density at radius 2 is 2.00 bits per heavy atom. The van der Waals surface area contributed by atoms with Crippen LogP contribution in [0.25, 0.3) is 0 Å². The first-order valence-corrected chi connectivity index (χ1v) is 5.32. The lowest BCUT2D eigenvalue weighted by Gasteiger charge is -2.29. The number of hydrogen-bond donors (Lipinski definition) is 0. The summed E-state index contributed by atoms with van der Waals surface area (Å²) in [5, 5.41) is 2.41. The van der Waals surface area contributed by atoms with Crippen molar-refractivity contribution in [3.8, 4) is 0 Å². The molecule has 4 heteroatoms. The van der Waals surface area contributed by atoms with Crippen molar-refractivity contribution in [2.75, 3.05) is 31.2 Å². The summed E-state index contributed by atoms with van der Waals surface area (Å²) < 4.78 is 5.31. The van der Waals surface area contributed by atoms with Crippen molar-refractivity contribution in [1.82, 2.24) is 0 Å². The maximum Gasteiger partial charge on any atom is 0.0972 e. The van der Waals surface area contributed by atoms with Gasteiger partial charge in [-0.25, -0.2) is 0 Å². The highest BCUT2D eigenvalue weighted by Gasteiger charge is 2.13. The van der Waals surface area contributed by atoms with E-state index in [0.717, 1.165) is 37.7 Å². The topological polar surface area (TPSA) is 24.8 Å². The molecule has 1 heterocycles. The smallest absolute Gasteiger partial charge is 0.0972 e. The number of benzene rings is 1. The number of para-hydroxylation sites is 2. The molecule has 3 nitrogen and oxygen atoms in total. The third-order valence-electron chi connectivity index (χ3n) is 2.40. The number of hydrogen-bond acceptors (Lipinski definition) is 4. The van der Waals surface area contributed by atoms with Gasteiger partial charge in [-0.2, -0.15) is 4.99 Å². The van der Waals surface area contributed by atoms with E-state index in [1.165, 1.54) is 0 Å². The van der Waals surface area contributed by atoms with Gasteiger partial charge in [0.25, 0.3) is 0 Å². The van der Waals surface area contributed by atoms with Gasteiger partial charge in [0.2, 0.25) is 0 Å². The summed E-state index contributed by atoms with van der Waals surface area (Å²) in [5.41, 5.74) is 1.99. The van der Waals surface area contributed by atoms with E-state index < -0.39 is 0 Å². The molecule has 1 aliphatic heterocycles. The molecule has 0 aromatic heterocycles. The minimum atomic E-state index is 0.773. The average molecular weight is 220 g/mol. The van der Waals surface area contributed by atoms with Gasteiger partial charge < -0.3 is 9.64 Å². The molecular weight excluding hydrogens is 208 g/mol. The van der Waals surface area contributed by atoms with Crippen molar-refractivity contribution >= 4 is 28.8 Å². The number of nitrogens with zero attached hydrogens (tertiary/aromatic N) is 2. The molecule has 0 atom stereocenters. The van der Waals surface area contributed by atoms with E-state index in [0.29, 0.717) is 0 Å². The molecule has 0 saturated carbocycles. The third-order valence-corrected chi connectivity index (χ3v) is 2.49. The van der Waals surface area contributed by atoms with Gasteiger partial charge in [-0.3, -0.25) is 0 Å². The van der Waals surface area contributed by atoms with Crippen molar-refractivity contribution in [3.05, 3.63) is 24.3 Å². The second-order valence-electron chi connectivity index (χ2n) is 3.29. The highest BCUT2D eigenvalue weighted by Crippen LogP contribution is 2.28. The molecule has 1 aromatic rings. The fourth-order valence-corrected chi connectivity index (χ4v) is 1.78. The molecule has 0 spiro atoms. The van der Waals surface area contributed by atoms with Crippen LogP contribution in [0.3, 0.4) is 0 Å². The molecule has 0 radical (unpaired) electrons. The number of aliphatic imine (C=N–C) groups is 1. The summed E-state index contributed by atoms with van der Waals surface area (Å²) in [7, 11) is 0. The van der Waals surface area contributed by atoms with Gasteiger partial charge in [-0.05, 0) is 24.4 Å². The number of thiocarbonyl (C=S) groups is 1. The lowest BCUT2D eigenvalue weighted by molar-refractivity contribution is 0.123. The van der Waals surface area contributed by atoms with Gasteiger partial charge in [0.15, 0.2) is 0 Å². The van der Waals surface area contributed by atoms with E-state index in [1.807, 2.05) is 18.2 Å². The number of morpholine rings is 1. The summed E-state index contributed by atoms with van der Waals surface area (Å²) in [4.78, 5) is 6.32. The zero-order valence-corrected chi connectivity index (χ0v) is 9.17. The van der Waals surface area contributed by atoms with Crippen LogP contribution in [0.15, 0.2) is 29.3 Å². The summed E-state index contributed by atoms with van der Waals surface area (Å²) >= 11 is 4.64. The van der Waals surface area contributed by atoms with E-state index in [4.69, 9.17) is 4.74 Å². The monoisotopic (exact) mass is 220 g/mol. The average Bonchev–Trinajstić information content (AvgIpc) is 2.31. The van der Waals surface area contributed by atoms with E-state index in [9.17, 15) is 0 Å². The van der Waals surface area contributed by atoms with Crippen LogP contribution in [0.5, 0.6) is 0 Å². The molecule has 1 aromatic carbocycles. The van der Waals surface area contributed by atoms with Gasteiger partial charge in [0, 0.05) is 13.1 Å². The van der Waals surface area contributed by atoms with Gasteiger partial charge in [-0.1, -0.05) is 12.1 Å². The van der Waals surface area contributed by atoms with Gasteiger partial charge in [0.1, 0.15) is 0 Å². The molecule has 78 valence electrons. The molecule has 1 aliphatic rings. The van der Waals surface area contributed by atoms with Crippen LogP contribution in [-0.4, -0.2) is 31.5 Å². The number of isothiocyanates is 1. The first-order valence-electron chi connectivity index (χ1n) is 4.91. The Bertz CT molecular complexity index is 382. The van der Waals surface area contributed by atoms with Crippen molar-refractivity contribution in [2.24, 2.45) is 4.99 Å². The summed E-state index contributed by atoms with van der Waals surface area (Å²) in [5.74, 6) is 0. The first kappa shape index (κ1) is 10.3. The van der Waals surface area contributed by atoms with Crippen LogP contribution in [0.4, 0.5) is 11.4 Å². The Morgan fingerprint density at radius 1 is 1.27 bits per heavy atom. The minimum absolute atomic E-state index is 0.773. The molecule has 0 bridgehead atoms. The first-order chi connectivity index (χ1) is 7.42. The largest absolute Gasteiger partial charge is 0.378 e. The van der Waals surface area contributed by atoms with Crippen LogP contribution in [0.2, 0.25) is 0 Å². The predicted octanol–water partition coefficient (Wildman–Crippen LogP) is 2.26. The SMILES string of the molecule is S=C=Nc1ccccc1N1CCOCC1. The lowest BCUT2D eigenvalue weighted by Crippen LogP contribution is -2.36. The Hall–Kier alpha value is -1.22. The van der Waals surface area contributed by atoms with Crippen molar-refractivity contribution in [2.45, 2.75) is 0 Å². The Balaban J connectivity index is 2.28. The van der Waals surface area contributed by atoms with Crippen LogP contribution in [-0.2, 0) is 4.74 Å². The molecule has 1 fully saturated rings. The third kappa shape index (κ3) is 2.42. The fraction of sp³-hybridized carbons (Fsp3) is 0.364. The highest BCUT2D eigenvalue weighted by atomic mass is 32.1. The van der Waals surface area contributed by atoms with Crippen LogP contribution >= 0.6 is 12.2 Å². The molecule has 2 rings (SSSR count). The predicted molar refractivity (Wildman–Crippen MR) is 64.2 cm³/mol. The maximum absolute atomic E-state index is 5.31. The lowest BCUT2D eigenvalue weighted by atomic mass is 10.2. The summed E-state index contributed by atoms with van der Waals surface area (Å²) in [6.45, 7) is 3.36. The second kappa shape index (κ2) is 5.03. The minimum Gasteiger partial charge on any atom is -0.378 e. The van der Waals surface area contributed by atoms with Crippen molar-refractivity contribution in [3.63, 3.8) is 0 Å². The summed E-state index contributed by atoms with van der Waals surface area (Å²) in [6.07, 6.45) is 0. The standard InChI is InChI=1S/C11H12N2OS/c15-9-12-10-3-1-2-4-11(10)13-5-7-14-8-6-13/h1-4H,5-8H2. The van der Waals surface area contributed by atoms with Crippen molar-refractivity contribution in [1.29, 1.82) is 0 Å². The molecule has 15 heavy (non-hydrogen) atoms. The molecule has 0 N–H and O–H groups in total. The molecular formula is C11H12N2OS. The van der Waals surface area contributed by atoms with Crippen LogP contribution in [0.1, 0.15) is 0 Å². The quantitative estimate of drug-likeness (QED) is 0.564. The van der Waals surface area contributed by atoms with E-state index >= 15 is 0 Å². The number of rotatable bonds is 2. The molecule has 0 amide bonds. The van der Waals surface area contributed by atoms with Crippen LogP contribution < -0.4 is 4.90 Å². The van der Waals surface area contributed by atoms with Crippen LogP contribution in [0, 0.1) is 0 Å². The van der Waals surface area contributed by atoms with E-state index in [-0.39, 0.29) is 0 Å².